The molecule has 0 saturated carbocycles. The second-order valence-corrected chi connectivity index (χ2v) is 22.6. The quantitative estimate of drug-likeness (QED) is 0.0231. The minimum Gasteiger partial charge on any atom is -0.454 e. The number of likely N-dealkylation sites (tertiary alicyclic amines) is 2. The maximum Gasteiger partial charge on any atom is 0.231 e. The molecule has 11 rings (SSSR count). The highest BCUT2D eigenvalue weighted by atomic mass is 79.9. The number of thioether (sulfide) groups is 1. The zero-order valence-electron chi connectivity index (χ0n) is 43.9. The zero-order chi connectivity index (χ0) is 52.8. The molecule has 0 radical (unpaired) electrons. The van der Waals surface area contributed by atoms with E-state index < -0.39 is 0 Å². The molecule has 6 aliphatic rings. The van der Waals surface area contributed by atoms with Crippen LogP contribution in [0.3, 0.4) is 0 Å². The Hall–Kier alpha value is -5.21. The van der Waals surface area contributed by atoms with E-state index in [1.807, 2.05) is 6.92 Å². The Morgan fingerprint density at radius 3 is 1.69 bits per heavy atom. The molecule has 1 aromatic heterocycles. The van der Waals surface area contributed by atoms with Crippen molar-refractivity contribution in [3.05, 3.63) is 101 Å². The smallest absolute Gasteiger partial charge is 0.231 e. The third-order valence-electron chi connectivity index (χ3n) is 14.5. The predicted molar refractivity (Wildman–Crippen MR) is 328 cm³/mol. The number of amidine groups is 1. The van der Waals surface area contributed by atoms with Crippen molar-refractivity contribution in [1.82, 2.24) is 14.8 Å². The van der Waals surface area contributed by atoms with E-state index >= 15 is 0 Å². The molecule has 1 atom stereocenters. The molecule has 1 unspecified atom stereocenters. The van der Waals surface area contributed by atoms with Gasteiger partial charge in [-0.3, -0.25) is 9.59 Å². The summed E-state index contributed by atoms with van der Waals surface area (Å²) in [5, 5.41) is 8.26. The standard InChI is InChI=1S/C27H31N5O3S.C20H31N5S2.C9H7BrO3.H3P/c28-26-25(24(33)18-4-9-22-23(16-18)35-17-34-22)36-27(30-26)29-19-5-7-20(8-6-19)32-14-10-21(11-15-32)31-12-2-1-3-13-31;1-2-27-19(21)23-20(26)22-16-6-8-17(9-7-16)25-14-10-18(11-15-25)24-12-4-3-5-13-24;10-4-7(11)6-1-2-8-9(3-6)13-5-12-8;/h4-9,16,21H,1-3,10-15,17,28H2,(H,29,30);6-9,18H,2-5,10-15H2,1H3,(H3,21,22,23,26);1-3H,4-5H2;1H3. The molecular formula is C56H72BrN10O6PS3. The first-order valence-corrected chi connectivity index (χ1v) is 29.9. The lowest BCUT2D eigenvalue weighted by atomic mass is 9.99. The van der Waals surface area contributed by atoms with E-state index in [1.54, 1.807) is 36.4 Å². The van der Waals surface area contributed by atoms with Crippen molar-refractivity contribution in [3.8, 4) is 23.0 Å². The van der Waals surface area contributed by atoms with Gasteiger partial charge in [0.1, 0.15) is 10.7 Å². The summed E-state index contributed by atoms with van der Waals surface area (Å²) < 4.78 is 21.0. The fourth-order valence-corrected chi connectivity index (χ4v) is 12.4. The van der Waals surface area contributed by atoms with Crippen molar-refractivity contribution in [1.29, 1.82) is 0 Å². The Morgan fingerprint density at radius 1 is 0.701 bits per heavy atom. The zero-order valence-corrected chi connectivity index (χ0v) is 49.3. The van der Waals surface area contributed by atoms with Crippen molar-refractivity contribution in [3.63, 3.8) is 0 Å². The molecule has 0 bridgehead atoms. The summed E-state index contributed by atoms with van der Waals surface area (Å²) in [5.74, 6) is 3.52. The van der Waals surface area contributed by atoms with Gasteiger partial charge in [-0.25, -0.2) is 4.98 Å². The molecule has 412 valence electrons. The van der Waals surface area contributed by atoms with E-state index in [4.69, 9.17) is 42.6 Å². The number of hydrogen-bond donors (Lipinski definition) is 4. The molecule has 0 aliphatic carbocycles. The summed E-state index contributed by atoms with van der Waals surface area (Å²) in [4.78, 5) is 43.7. The Morgan fingerprint density at radius 2 is 1.18 bits per heavy atom. The lowest BCUT2D eigenvalue weighted by Gasteiger charge is -2.41. The normalized spacial score (nSPS) is 17.8. The van der Waals surface area contributed by atoms with Crippen LogP contribution in [0.25, 0.3) is 0 Å². The monoisotopic (exact) mass is 1190 g/mol. The van der Waals surface area contributed by atoms with Gasteiger partial charge in [0.2, 0.25) is 19.4 Å². The van der Waals surface area contributed by atoms with Crippen LogP contribution in [0, 0.1) is 0 Å². The molecule has 4 fully saturated rings. The SMILES string of the molecule is CCSC(N)=NC(=S)Nc1ccc(N2CCC(N3CCCCC3)CC2)cc1.Nc1nc(Nc2ccc(N3CCC(N4CCCCC4)CC3)cc2)sc1C(=O)c1ccc2c(c1)OCO2.O=C(CBr)c1ccc2c(c1)OCO2.P. The number of rotatable bonds is 12. The number of aromatic nitrogens is 1. The second-order valence-electron chi connectivity index (χ2n) is 19.4. The highest BCUT2D eigenvalue weighted by Crippen LogP contribution is 2.37. The molecule has 16 nitrogen and oxygen atoms in total. The van der Waals surface area contributed by atoms with Crippen LogP contribution in [0.1, 0.15) is 96.7 Å². The number of ketones is 2. The molecule has 4 aromatic carbocycles. The van der Waals surface area contributed by atoms with Crippen LogP contribution >= 0.6 is 61.1 Å². The summed E-state index contributed by atoms with van der Waals surface area (Å²) in [5.41, 5.74) is 17.4. The number of nitrogens with one attached hydrogen (secondary N) is 2. The molecular weight excluding hydrogens is 1120 g/mol. The summed E-state index contributed by atoms with van der Waals surface area (Å²) in [7, 11) is 0. The Labute approximate surface area is 478 Å². The van der Waals surface area contributed by atoms with Crippen molar-refractivity contribution >= 4 is 117 Å². The first-order chi connectivity index (χ1) is 37.1. The topological polar surface area (TPSA) is 185 Å². The molecule has 77 heavy (non-hydrogen) atoms. The number of thiocarbonyl (C=S) groups is 1. The third-order valence-corrected chi connectivity index (χ3v) is 16.9. The van der Waals surface area contributed by atoms with Crippen LogP contribution in [0.5, 0.6) is 23.0 Å². The number of hydrogen-bond acceptors (Lipinski definition) is 16. The number of nitrogen functional groups attached to an aromatic ring is 1. The maximum atomic E-state index is 13.0. The second kappa shape index (κ2) is 28.6. The van der Waals surface area contributed by atoms with Gasteiger partial charge in [-0.1, -0.05) is 58.8 Å². The van der Waals surface area contributed by atoms with Gasteiger partial charge in [-0.2, -0.15) is 14.9 Å². The largest absolute Gasteiger partial charge is 0.454 e. The molecule has 5 aromatic rings. The first kappa shape index (κ1) is 58.0. The first-order valence-electron chi connectivity index (χ1n) is 26.5. The van der Waals surface area contributed by atoms with E-state index in [0.717, 1.165) is 55.4 Å². The number of ether oxygens (including phenoxy) is 4. The Balaban J connectivity index is 0.000000168. The van der Waals surface area contributed by atoms with Crippen molar-refractivity contribution in [2.24, 2.45) is 10.7 Å². The van der Waals surface area contributed by atoms with Gasteiger partial charge in [0.25, 0.3) is 0 Å². The minimum atomic E-state index is -0.181. The minimum absolute atomic E-state index is 0. The molecule has 21 heteroatoms. The van der Waals surface area contributed by atoms with Gasteiger partial charge in [0.05, 0.1) is 5.33 Å². The number of nitrogens with two attached hydrogens (primary N) is 2. The third kappa shape index (κ3) is 15.8. The molecule has 7 heterocycles. The molecule has 6 aliphatic heterocycles. The van der Waals surface area contributed by atoms with Gasteiger partial charge < -0.3 is 60.6 Å². The van der Waals surface area contributed by atoms with Gasteiger partial charge >= 0.3 is 0 Å². The lowest BCUT2D eigenvalue weighted by molar-refractivity contribution is 0.102. The number of nitrogens with zero attached hydrogens (tertiary/aromatic N) is 6. The van der Waals surface area contributed by atoms with Crippen LogP contribution in [0.2, 0.25) is 0 Å². The lowest BCUT2D eigenvalue weighted by Crippen LogP contribution is -2.46. The number of piperidine rings is 4. The average Bonchev–Trinajstić information content (AvgIpc) is 4.24. The number of fused-ring (bicyclic) bond motifs is 2. The Bertz CT molecular complexity index is 2780. The van der Waals surface area contributed by atoms with E-state index in [0.29, 0.717) is 59.7 Å². The Kier molecular flexibility index (Phi) is 21.5. The van der Waals surface area contributed by atoms with E-state index in [1.165, 1.54) is 125 Å². The van der Waals surface area contributed by atoms with Crippen molar-refractivity contribution in [2.75, 3.05) is 103 Å². The van der Waals surface area contributed by atoms with Crippen LogP contribution in [-0.2, 0) is 0 Å². The molecule has 6 N–H and O–H groups in total. The number of Topliss-reactive ketones (excluding diaryl/α,β-unsaturated/α-hetero) is 1. The highest BCUT2D eigenvalue weighted by Gasteiger charge is 2.28. The number of carbonyl (C=O) groups is 2. The molecule has 4 saturated heterocycles. The molecule has 0 amide bonds. The van der Waals surface area contributed by atoms with Crippen LogP contribution in [0.15, 0.2) is 89.9 Å². The number of benzene rings is 4. The number of aliphatic imine (C=N–C) groups is 1. The van der Waals surface area contributed by atoms with Gasteiger partial charge in [-0.15, -0.1) is 0 Å². The highest BCUT2D eigenvalue weighted by molar-refractivity contribution is 9.09. The van der Waals surface area contributed by atoms with Crippen LogP contribution in [-0.4, -0.2) is 126 Å². The number of halogens is 1. The van der Waals surface area contributed by atoms with Gasteiger partial charge in [-0.05, 0) is 180 Å². The van der Waals surface area contributed by atoms with Crippen LogP contribution < -0.4 is 50.8 Å². The summed E-state index contributed by atoms with van der Waals surface area (Å²) in [6.45, 7) is 12.1. The molecule has 0 spiro atoms. The predicted octanol–water partition coefficient (Wildman–Crippen LogP) is 10.8. The number of carbonyl (C=O) groups excluding carboxylic acids is 2. The summed E-state index contributed by atoms with van der Waals surface area (Å²) in [6, 6.07) is 28.7. The number of alkyl halides is 1. The fraction of sp³-hybridized carbons (Fsp3) is 0.446. The average molecular weight is 1190 g/mol. The van der Waals surface area contributed by atoms with Crippen molar-refractivity contribution in [2.45, 2.75) is 83.2 Å². The number of anilines is 6. The summed E-state index contributed by atoms with van der Waals surface area (Å²) >= 11 is 11.1. The fourth-order valence-electron chi connectivity index (χ4n) is 10.5. The van der Waals surface area contributed by atoms with Crippen molar-refractivity contribution < 1.29 is 28.5 Å². The van der Waals surface area contributed by atoms with Gasteiger partial charge in [0.15, 0.2) is 44.2 Å². The van der Waals surface area contributed by atoms with E-state index in [2.05, 4.69) is 105 Å². The number of thiazole rings is 1. The van der Waals surface area contributed by atoms with Crippen LogP contribution in [0.4, 0.5) is 33.7 Å². The van der Waals surface area contributed by atoms with E-state index in [9.17, 15) is 9.59 Å². The summed E-state index contributed by atoms with van der Waals surface area (Å²) in [6.07, 6.45) is 13.3. The van der Waals surface area contributed by atoms with E-state index in [-0.39, 0.29) is 40.9 Å². The maximum absolute atomic E-state index is 13.0. The van der Waals surface area contributed by atoms with Gasteiger partial charge in [0, 0.05) is 72.1 Å².